The number of carbonyl (C=O) groups is 3. The summed E-state index contributed by atoms with van der Waals surface area (Å²) in [5.74, 6) is -0.731. The van der Waals surface area contributed by atoms with Crippen LogP contribution < -0.4 is 10.1 Å². The first-order chi connectivity index (χ1) is 13.8. The van der Waals surface area contributed by atoms with Crippen molar-refractivity contribution in [3.63, 3.8) is 0 Å². The Balaban J connectivity index is 1.74. The molecule has 0 aromatic heterocycles. The highest BCUT2D eigenvalue weighted by atomic mass is 127. The lowest BCUT2D eigenvalue weighted by molar-refractivity contribution is -0.127. The lowest BCUT2D eigenvalue weighted by Gasteiger charge is -2.12. The molecule has 0 radical (unpaired) electrons. The fraction of sp³-hybridized carbons (Fsp3) is 0.150. The highest BCUT2D eigenvalue weighted by Gasteiger charge is 2.36. The predicted octanol–water partition coefficient (Wildman–Crippen LogP) is 3.99. The number of methoxy groups -OCH3 is 1. The molecule has 150 valence electrons. The Kier molecular flexibility index (Phi) is 6.48. The third kappa shape index (κ3) is 4.91. The van der Waals surface area contributed by atoms with Gasteiger partial charge < -0.3 is 15.2 Å². The van der Waals surface area contributed by atoms with Crippen LogP contribution in [-0.2, 0) is 9.59 Å². The van der Waals surface area contributed by atoms with Crippen molar-refractivity contribution in [2.24, 2.45) is 0 Å². The standard InChI is InChI=1S/C20H17IN2O5S/c1-11-3-5-13(6-4-11)22-17(24)10-23-19(26)16(29-20(23)27)9-12-7-14(21)18(25)15(8-12)28-2/h3-9,25H,10H2,1-2H3,(H,22,24). The maximum atomic E-state index is 12.6. The number of benzene rings is 2. The second kappa shape index (κ2) is 8.87. The van der Waals surface area contributed by atoms with Crippen LogP contribution in [0.4, 0.5) is 10.5 Å². The highest BCUT2D eigenvalue weighted by molar-refractivity contribution is 14.1. The van der Waals surface area contributed by atoms with Gasteiger partial charge in [-0.15, -0.1) is 0 Å². The Morgan fingerprint density at radius 1 is 1.28 bits per heavy atom. The van der Waals surface area contributed by atoms with E-state index in [0.717, 1.165) is 22.2 Å². The zero-order valence-corrected chi connectivity index (χ0v) is 18.5. The third-order valence-corrected chi connectivity index (χ3v) is 5.81. The van der Waals surface area contributed by atoms with Gasteiger partial charge in [0.25, 0.3) is 11.1 Å². The summed E-state index contributed by atoms with van der Waals surface area (Å²) in [4.78, 5) is 38.2. The van der Waals surface area contributed by atoms with Crippen LogP contribution >= 0.6 is 34.4 Å². The molecule has 1 saturated heterocycles. The van der Waals surface area contributed by atoms with E-state index in [0.29, 0.717) is 14.8 Å². The lowest BCUT2D eigenvalue weighted by atomic mass is 10.2. The SMILES string of the molecule is COc1cc(C=C2SC(=O)N(CC(=O)Nc3ccc(C)cc3)C2=O)cc(I)c1O. The van der Waals surface area contributed by atoms with Gasteiger partial charge in [0.05, 0.1) is 15.6 Å². The summed E-state index contributed by atoms with van der Waals surface area (Å²) in [5.41, 5.74) is 2.24. The lowest BCUT2D eigenvalue weighted by Crippen LogP contribution is -2.36. The molecule has 0 bridgehead atoms. The van der Waals surface area contributed by atoms with Crippen LogP contribution in [0.1, 0.15) is 11.1 Å². The number of amides is 3. The minimum Gasteiger partial charge on any atom is -0.504 e. The van der Waals surface area contributed by atoms with Gasteiger partial charge in [0.15, 0.2) is 11.5 Å². The number of nitrogens with zero attached hydrogens (tertiary/aromatic N) is 1. The number of hydrogen-bond acceptors (Lipinski definition) is 6. The first kappa shape index (κ1) is 21.2. The first-order valence-electron chi connectivity index (χ1n) is 8.47. The number of rotatable bonds is 5. The molecule has 2 N–H and O–H groups in total. The maximum Gasteiger partial charge on any atom is 0.294 e. The largest absolute Gasteiger partial charge is 0.504 e. The molecular formula is C20H17IN2O5S. The molecule has 0 unspecified atom stereocenters. The summed E-state index contributed by atoms with van der Waals surface area (Å²) in [7, 11) is 1.43. The molecule has 1 fully saturated rings. The van der Waals surface area contributed by atoms with Crippen molar-refractivity contribution in [1.29, 1.82) is 0 Å². The number of ether oxygens (including phenoxy) is 1. The second-order valence-corrected chi connectivity index (χ2v) is 8.39. The van der Waals surface area contributed by atoms with Crippen LogP contribution in [0.15, 0.2) is 41.3 Å². The van der Waals surface area contributed by atoms with Crippen molar-refractivity contribution in [1.82, 2.24) is 4.90 Å². The van der Waals surface area contributed by atoms with E-state index in [2.05, 4.69) is 5.32 Å². The van der Waals surface area contributed by atoms with E-state index in [1.807, 2.05) is 41.6 Å². The van der Waals surface area contributed by atoms with E-state index in [-0.39, 0.29) is 22.9 Å². The maximum absolute atomic E-state index is 12.6. The molecule has 0 aliphatic carbocycles. The van der Waals surface area contributed by atoms with E-state index >= 15 is 0 Å². The highest BCUT2D eigenvalue weighted by Crippen LogP contribution is 2.36. The summed E-state index contributed by atoms with van der Waals surface area (Å²) in [6.07, 6.45) is 1.53. The van der Waals surface area contributed by atoms with E-state index in [1.165, 1.54) is 13.2 Å². The number of carbonyl (C=O) groups excluding carboxylic acids is 3. The molecule has 7 nitrogen and oxygen atoms in total. The molecule has 1 aliphatic rings. The monoisotopic (exact) mass is 524 g/mol. The van der Waals surface area contributed by atoms with Gasteiger partial charge in [-0.2, -0.15) is 0 Å². The summed E-state index contributed by atoms with van der Waals surface area (Å²) in [6.45, 7) is 1.56. The number of hydrogen-bond donors (Lipinski definition) is 2. The molecule has 0 atom stereocenters. The Morgan fingerprint density at radius 3 is 2.62 bits per heavy atom. The zero-order valence-electron chi connectivity index (χ0n) is 15.6. The van der Waals surface area contributed by atoms with Crippen molar-refractivity contribution in [2.75, 3.05) is 19.0 Å². The number of phenols is 1. The predicted molar refractivity (Wildman–Crippen MR) is 120 cm³/mol. The van der Waals surface area contributed by atoms with Crippen molar-refractivity contribution in [3.8, 4) is 11.5 Å². The summed E-state index contributed by atoms with van der Waals surface area (Å²) >= 11 is 2.71. The van der Waals surface area contributed by atoms with E-state index in [4.69, 9.17) is 4.74 Å². The number of aromatic hydroxyl groups is 1. The number of halogens is 1. The van der Waals surface area contributed by atoms with Crippen LogP contribution in [0.3, 0.4) is 0 Å². The third-order valence-electron chi connectivity index (χ3n) is 4.08. The van der Waals surface area contributed by atoms with Gasteiger partial charge in [-0.25, -0.2) is 0 Å². The minimum absolute atomic E-state index is 0.00568. The first-order valence-corrected chi connectivity index (χ1v) is 10.4. The number of thioether (sulfide) groups is 1. The van der Waals surface area contributed by atoms with Crippen LogP contribution in [0.25, 0.3) is 6.08 Å². The van der Waals surface area contributed by atoms with Crippen LogP contribution in [0.2, 0.25) is 0 Å². The van der Waals surface area contributed by atoms with E-state index in [9.17, 15) is 19.5 Å². The quantitative estimate of drug-likeness (QED) is 0.454. The Labute approximate surface area is 185 Å². The van der Waals surface area contributed by atoms with Gasteiger partial charge in [-0.3, -0.25) is 19.3 Å². The van der Waals surface area contributed by atoms with E-state index in [1.54, 1.807) is 24.3 Å². The summed E-state index contributed by atoms with van der Waals surface area (Å²) in [6, 6.07) is 10.4. The van der Waals surface area contributed by atoms with Gasteiger partial charge >= 0.3 is 0 Å². The second-order valence-electron chi connectivity index (χ2n) is 6.24. The molecule has 9 heteroatoms. The molecule has 1 aliphatic heterocycles. The Hall–Kier alpha value is -2.53. The van der Waals surface area contributed by atoms with Crippen molar-refractivity contribution < 1.29 is 24.2 Å². The molecule has 2 aromatic rings. The molecule has 29 heavy (non-hydrogen) atoms. The summed E-state index contributed by atoms with van der Waals surface area (Å²) < 4.78 is 5.66. The topological polar surface area (TPSA) is 95.9 Å². The van der Waals surface area contributed by atoms with Crippen LogP contribution in [0, 0.1) is 10.5 Å². The fourth-order valence-electron chi connectivity index (χ4n) is 2.60. The molecule has 2 aromatic carbocycles. The number of nitrogens with one attached hydrogen (secondary N) is 1. The van der Waals surface area contributed by atoms with Gasteiger partial charge in [-0.1, -0.05) is 17.7 Å². The van der Waals surface area contributed by atoms with Crippen LogP contribution in [-0.4, -0.2) is 40.7 Å². The Morgan fingerprint density at radius 2 is 1.97 bits per heavy atom. The fourth-order valence-corrected chi connectivity index (χ4v) is 4.07. The molecule has 3 rings (SSSR count). The Bertz CT molecular complexity index is 1020. The van der Waals surface area contributed by atoms with Crippen molar-refractivity contribution in [3.05, 3.63) is 56.0 Å². The molecule has 1 heterocycles. The van der Waals surface area contributed by atoms with Gasteiger partial charge in [0.1, 0.15) is 6.54 Å². The summed E-state index contributed by atoms with van der Waals surface area (Å²) in [5, 5.41) is 12.1. The smallest absolute Gasteiger partial charge is 0.294 e. The van der Waals surface area contributed by atoms with Gasteiger partial charge in [-0.05, 0) is 77.2 Å². The molecule has 3 amide bonds. The molecule has 0 spiro atoms. The van der Waals surface area contributed by atoms with Gasteiger partial charge in [0.2, 0.25) is 5.91 Å². The average molecular weight is 524 g/mol. The zero-order chi connectivity index (χ0) is 21.1. The average Bonchev–Trinajstić information content (AvgIpc) is 2.93. The number of aryl methyl sites for hydroxylation is 1. The van der Waals surface area contributed by atoms with Crippen molar-refractivity contribution >= 4 is 63.2 Å². The molecule has 0 saturated carbocycles. The number of anilines is 1. The normalized spacial score (nSPS) is 15.1. The van der Waals surface area contributed by atoms with Crippen molar-refractivity contribution in [2.45, 2.75) is 6.92 Å². The van der Waals surface area contributed by atoms with Crippen LogP contribution in [0.5, 0.6) is 11.5 Å². The number of phenolic OH excluding ortho intramolecular Hbond substituents is 1. The van der Waals surface area contributed by atoms with E-state index < -0.39 is 17.1 Å². The number of imide groups is 1. The molecular weight excluding hydrogens is 507 g/mol. The minimum atomic E-state index is -0.541. The van der Waals surface area contributed by atoms with Gasteiger partial charge in [0, 0.05) is 5.69 Å².